The molecule has 0 aliphatic heterocycles. The second kappa shape index (κ2) is 6.65. The molecule has 0 spiro atoms. The van der Waals surface area contributed by atoms with Gasteiger partial charge in [-0.1, -0.05) is 59.7 Å². The van der Waals surface area contributed by atoms with Crippen LogP contribution in [-0.2, 0) is 11.8 Å². The minimum atomic E-state index is -0.204. The van der Waals surface area contributed by atoms with Gasteiger partial charge in [-0.15, -0.1) is 23.2 Å². The number of hydrogen-bond acceptors (Lipinski definition) is 0. The predicted molar refractivity (Wildman–Crippen MR) is 89.2 cm³/mol. The van der Waals surface area contributed by atoms with Gasteiger partial charge >= 0.3 is 0 Å². The molecule has 20 heavy (non-hydrogen) atoms. The molecule has 0 aliphatic rings. The summed E-state index contributed by atoms with van der Waals surface area (Å²) in [5, 5.41) is 0. The summed E-state index contributed by atoms with van der Waals surface area (Å²) in [6, 6.07) is 17.1. The van der Waals surface area contributed by atoms with Crippen LogP contribution in [0, 0.1) is 13.8 Å². The molecule has 0 bridgehead atoms. The first-order valence-corrected chi connectivity index (χ1v) is 7.91. The summed E-state index contributed by atoms with van der Waals surface area (Å²) >= 11 is 12.6. The maximum atomic E-state index is 6.31. The summed E-state index contributed by atoms with van der Waals surface area (Å²) in [5.41, 5.74) is 4.81. The Morgan fingerprint density at radius 2 is 1.50 bits per heavy atom. The van der Waals surface area contributed by atoms with Crippen molar-refractivity contribution in [3.8, 4) is 0 Å². The van der Waals surface area contributed by atoms with Crippen LogP contribution in [0.15, 0.2) is 48.5 Å². The summed E-state index contributed by atoms with van der Waals surface area (Å²) < 4.78 is 0. The highest BCUT2D eigenvalue weighted by Crippen LogP contribution is 2.32. The quantitative estimate of drug-likeness (QED) is 0.661. The van der Waals surface area contributed by atoms with Crippen LogP contribution in [0.25, 0.3) is 0 Å². The fourth-order valence-electron chi connectivity index (χ4n) is 2.46. The van der Waals surface area contributed by atoms with Gasteiger partial charge in [0.2, 0.25) is 0 Å². The van der Waals surface area contributed by atoms with Crippen LogP contribution in [0.1, 0.15) is 22.3 Å². The lowest BCUT2D eigenvalue weighted by molar-refractivity contribution is 0.536. The number of halogens is 2. The molecule has 0 unspecified atom stereocenters. The zero-order valence-electron chi connectivity index (χ0n) is 12.0. The Kier molecular flexibility index (Phi) is 5.12. The fourth-order valence-corrected chi connectivity index (χ4v) is 3.24. The van der Waals surface area contributed by atoms with Gasteiger partial charge in [-0.2, -0.15) is 0 Å². The molecule has 0 atom stereocenters. The lowest BCUT2D eigenvalue weighted by Gasteiger charge is -2.31. The maximum absolute atomic E-state index is 6.31. The van der Waals surface area contributed by atoms with Crippen LogP contribution in [0.5, 0.6) is 0 Å². The molecule has 0 heterocycles. The van der Waals surface area contributed by atoms with Gasteiger partial charge in [-0.25, -0.2) is 0 Å². The third kappa shape index (κ3) is 3.37. The lowest BCUT2D eigenvalue weighted by atomic mass is 9.78. The monoisotopic (exact) mass is 306 g/mol. The van der Waals surface area contributed by atoms with Gasteiger partial charge in [0.05, 0.1) is 0 Å². The van der Waals surface area contributed by atoms with Crippen LogP contribution < -0.4 is 0 Å². The van der Waals surface area contributed by atoms with Crippen molar-refractivity contribution in [2.75, 3.05) is 11.8 Å². The van der Waals surface area contributed by atoms with E-state index in [1.54, 1.807) is 0 Å². The van der Waals surface area contributed by atoms with E-state index in [1.807, 2.05) is 0 Å². The second-order valence-corrected chi connectivity index (χ2v) is 6.11. The molecule has 0 aromatic heterocycles. The van der Waals surface area contributed by atoms with Gasteiger partial charge in [0, 0.05) is 17.2 Å². The molecule has 0 radical (unpaired) electrons. The van der Waals surface area contributed by atoms with Gasteiger partial charge in [-0.05, 0) is 31.4 Å². The highest BCUT2D eigenvalue weighted by Gasteiger charge is 2.31. The first-order chi connectivity index (χ1) is 9.59. The summed E-state index contributed by atoms with van der Waals surface area (Å²) in [5.74, 6) is 1.04. The van der Waals surface area contributed by atoms with Crippen molar-refractivity contribution < 1.29 is 0 Å². The van der Waals surface area contributed by atoms with Crippen LogP contribution in [0.4, 0.5) is 0 Å². The zero-order valence-corrected chi connectivity index (χ0v) is 13.5. The average molecular weight is 307 g/mol. The number of benzene rings is 2. The molecule has 2 aromatic rings. The molecule has 0 saturated carbocycles. The van der Waals surface area contributed by atoms with E-state index in [-0.39, 0.29) is 5.41 Å². The van der Waals surface area contributed by atoms with Crippen molar-refractivity contribution in [1.29, 1.82) is 0 Å². The summed E-state index contributed by atoms with van der Waals surface area (Å²) in [6.07, 6.45) is 0.865. The van der Waals surface area contributed by atoms with Crippen molar-refractivity contribution in [3.05, 3.63) is 70.8 Å². The van der Waals surface area contributed by atoms with E-state index in [0.29, 0.717) is 11.8 Å². The third-order valence-electron chi connectivity index (χ3n) is 3.81. The Bertz CT molecular complexity index is 554. The van der Waals surface area contributed by atoms with E-state index in [4.69, 9.17) is 23.2 Å². The Balaban J connectivity index is 2.36. The van der Waals surface area contributed by atoms with Crippen LogP contribution in [0.2, 0.25) is 0 Å². The van der Waals surface area contributed by atoms with E-state index < -0.39 is 0 Å². The normalized spacial score (nSPS) is 11.6. The predicted octanol–water partition coefficient (Wildman–Crippen LogP) is 5.26. The minimum absolute atomic E-state index is 0.204. The zero-order chi connectivity index (χ0) is 14.6. The highest BCUT2D eigenvalue weighted by atomic mass is 35.5. The SMILES string of the molecule is Cc1ccc(CC(CCl)(CCl)c2cccc(C)c2)cc1. The molecule has 2 heteroatoms. The summed E-state index contributed by atoms with van der Waals surface area (Å²) in [4.78, 5) is 0. The number of alkyl halides is 2. The Morgan fingerprint density at radius 3 is 2.05 bits per heavy atom. The molecule has 2 aromatic carbocycles. The van der Waals surface area contributed by atoms with Crippen molar-refractivity contribution in [3.63, 3.8) is 0 Å². The first kappa shape index (κ1) is 15.4. The van der Waals surface area contributed by atoms with E-state index in [0.717, 1.165) is 6.42 Å². The van der Waals surface area contributed by atoms with Gasteiger partial charge in [0.1, 0.15) is 0 Å². The van der Waals surface area contributed by atoms with Crippen LogP contribution in [-0.4, -0.2) is 11.8 Å². The molecule has 0 amide bonds. The van der Waals surface area contributed by atoms with Gasteiger partial charge < -0.3 is 0 Å². The molecule has 0 aliphatic carbocycles. The molecular formula is C18H20Cl2. The molecule has 0 fully saturated rings. The topological polar surface area (TPSA) is 0 Å². The van der Waals surface area contributed by atoms with E-state index >= 15 is 0 Å². The number of rotatable bonds is 5. The number of aryl methyl sites for hydroxylation is 2. The largest absolute Gasteiger partial charge is 0.126 e. The van der Waals surface area contributed by atoms with Gasteiger partial charge in [-0.3, -0.25) is 0 Å². The molecule has 106 valence electrons. The molecule has 2 rings (SSSR count). The molecule has 0 nitrogen and oxygen atoms in total. The van der Waals surface area contributed by atoms with E-state index in [1.165, 1.54) is 22.3 Å². The van der Waals surface area contributed by atoms with Crippen LogP contribution >= 0.6 is 23.2 Å². The standard InChI is InChI=1S/C18H20Cl2/c1-14-6-8-16(9-7-14)11-18(12-19,13-20)17-5-3-4-15(2)10-17/h3-10H,11-13H2,1-2H3. The maximum Gasteiger partial charge on any atom is 0.0335 e. The van der Waals surface area contributed by atoms with E-state index in [2.05, 4.69) is 62.4 Å². The first-order valence-electron chi connectivity index (χ1n) is 6.84. The average Bonchev–Trinajstić information content (AvgIpc) is 2.47. The molecule has 0 saturated heterocycles. The molecule has 0 N–H and O–H groups in total. The van der Waals surface area contributed by atoms with Crippen molar-refractivity contribution >= 4 is 23.2 Å². The van der Waals surface area contributed by atoms with Crippen LogP contribution in [0.3, 0.4) is 0 Å². The lowest BCUT2D eigenvalue weighted by Crippen LogP contribution is -2.33. The van der Waals surface area contributed by atoms with Crippen molar-refractivity contribution in [2.24, 2.45) is 0 Å². The highest BCUT2D eigenvalue weighted by molar-refractivity contribution is 6.22. The Morgan fingerprint density at radius 1 is 0.850 bits per heavy atom. The van der Waals surface area contributed by atoms with Crippen molar-refractivity contribution in [1.82, 2.24) is 0 Å². The van der Waals surface area contributed by atoms with Gasteiger partial charge in [0.15, 0.2) is 0 Å². The van der Waals surface area contributed by atoms with Gasteiger partial charge in [0.25, 0.3) is 0 Å². The number of hydrogen-bond donors (Lipinski definition) is 0. The minimum Gasteiger partial charge on any atom is -0.126 e. The third-order valence-corrected chi connectivity index (χ3v) is 4.83. The van der Waals surface area contributed by atoms with Crippen molar-refractivity contribution in [2.45, 2.75) is 25.7 Å². The summed E-state index contributed by atoms with van der Waals surface area (Å²) in [7, 11) is 0. The Labute approximate surface area is 131 Å². The molecular weight excluding hydrogens is 287 g/mol. The summed E-state index contributed by atoms with van der Waals surface area (Å²) in [6.45, 7) is 4.20. The fraction of sp³-hybridized carbons (Fsp3) is 0.333. The Hall–Kier alpha value is -0.980. The smallest absolute Gasteiger partial charge is 0.0335 e. The van der Waals surface area contributed by atoms with E-state index in [9.17, 15) is 0 Å². The second-order valence-electron chi connectivity index (χ2n) is 5.58.